The normalized spacial score (nSPS) is 23.3. The van der Waals surface area contributed by atoms with Crippen molar-refractivity contribution in [2.45, 2.75) is 31.3 Å². The maximum absolute atomic E-state index is 5.90. The minimum Gasteiger partial charge on any atom is -0.354 e. The largest absolute Gasteiger partial charge is 0.354 e. The Morgan fingerprint density at radius 3 is 2.52 bits per heavy atom. The van der Waals surface area contributed by atoms with E-state index in [2.05, 4.69) is 43.3 Å². The van der Waals surface area contributed by atoms with Crippen LogP contribution in [0.3, 0.4) is 0 Å². The molecule has 0 amide bonds. The van der Waals surface area contributed by atoms with Gasteiger partial charge in [-0.15, -0.1) is 36.2 Å². The van der Waals surface area contributed by atoms with Crippen LogP contribution in [0.15, 0.2) is 29.9 Å². The Hall–Kier alpha value is -0.920. The Morgan fingerprint density at radius 1 is 1.12 bits per heavy atom. The Labute approximate surface area is 165 Å². The summed E-state index contributed by atoms with van der Waals surface area (Å²) in [6.45, 7) is 5.32. The van der Waals surface area contributed by atoms with Gasteiger partial charge in [-0.1, -0.05) is 6.07 Å². The predicted octanol–water partition coefficient (Wildman–Crippen LogP) is 2.91. The zero-order valence-electron chi connectivity index (χ0n) is 14.1. The van der Waals surface area contributed by atoms with E-state index in [0.29, 0.717) is 12.0 Å². The molecule has 3 heterocycles. The van der Waals surface area contributed by atoms with Crippen LogP contribution >= 0.6 is 36.2 Å². The molecule has 25 heavy (non-hydrogen) atoms. The second-order valence-electron chi connectivity index (χ2n) is 6.57. The van der Waals surface area contributed by atoms with Crippen LogP contribution in [0.5, 0.6) is 0 Å². The first-order valence-electron chi connectivity index (χ1n) is 8.35. The van der Waals surface area contributed by atoms with Crippen LogP contribution in [0.25, 0.3) is 0 Å². The van der Waals surface area contributed by atoms with Crippen LogP contribution in [-0.2, 0) is 6.54 Å². The van der Waals surface area contributed by atoms with E-state index in [1.165, 1.54) is 4.88 Å². The summed E-state index contributed by atoms with van der Waals surface area (Å²) in [7, 11) is 0. The molecule has 1 aliphatic carbocycles. The molecule has 0 radical (unpaired) electrons. The number of hydrogen-bond donors (Lipinski definition) is 1. The summed E-state index contributed by atoms with van der Waals surface area (Å²) in [6.07, 6.45) is 3.84. The standard InChI is InChI=1S/C17H23N5S.2ClH/c18-14-8-13(9-14)16-10-17(20-12-19-16)22-5-3-21(4-6-22)11-15-2-1-7-23-15;;/h1-2,7,10,12-14H,3-6,8-9,11,18H2;2*1H. The quantitative estimate of drug-likeness (QED) is 0.852. The van der Waals surface area contributed by atoms with Gasteiger partial charge in [0.15, 0.2) is 0 Å². The highest BCUT2D eigenvalue weighted by atomic mass is 35.5. The minimum atomic E-state index is 0. The SMILES string of the molecule is Cl.Cl.NC1CC(c2cc(N3CCN(Cc4cccs4)CC3)ncn2)C1. The van der Waals surface area contributed by atoms with E-state index in [9.17, 15) is 0 Å². The molecule has 4 rings (SSSR count). The molecule has 0 aromatic carbocycles. The van der Waals surface area contributed by atoms with E-state index >= 15 is 0 Å². The van der Waals surface area contributed by atoms with Crippen LogP contribution in [-0.4, -0.2) is 47.1 Å². The van der Waals surface area contributed by atoms with Crippen molar-refractivity contribution in [3.63, 3.8) is 0 Å². The van der Waals surface area contributed by atoms with Gasteiger partial charge in [0.25, 0.3) is 0 Å². The lowest BCUT2D eigenvalue weighted by Crippen LogP contribution is -2.46. The van der Waals surface area contributed by atoms with Crippen LogP contribution < -0.4 is 10.6 Å². The van der Waals surface area contributed by atoms with Gasteiger partial charge in [-0.05, 0) is 24.3 Å². The molecule has 1 saturated heterocycles. The molecule has 5 nitrogen and oxygen atoms in total. The van der Waals surface area contributed by atoms with Gasteiger partial charge >= 0.3 is 0 Å². The number of thiophene rings is 1. The second-order valence-corrected chi connectivity index (χ2v) is 7.60. The number of nitrogens with two attached hydrogens (primary N) is 1. The van der Waals surface area contributed by atoms with Crippen molar-refractivity contribution in [3.8, 4) is 0 Å². The highest BCUT2D eigenvalue weighted by Crippen LogP contribution is 2.35. The fourth-order valence-corrected chi connectivity index (χ4v) is 4.17. The van der Waals surface area contributed by atoms with Gasteiger partial charge in [-0.25, -0.2) is 9.97 Å². The molecule has 1 saturated carbocycles. The molecule has 2 aromatic heterocycles. The highest BCUT2D eigenvalue weighted by Gasteiger charge is 2.29. The van der Waals surface area contributed by atoms with Gasteiger partial charge in [0.1, 0.15) is 12.1 Å². The molecule has 2 aliphatic rings. The first-order chi connectivity index (χ1) is 11.3. The molecule has 138 valence electrons. The monoisotopic (exact) mass is 401 g/mol. The van der Waals surface area contributed by atoms with E-state index in [0.717, 1.165) is 57.1 Å². The molecule has 2 aromatic rings. The predicted molar refractivity (Wildman–Crippen MR) is 108 cm³/mol. The topological polar surface area (TPSA) is 58.3 Å². The maximum Gasteiger partial charge on any atom is 0.132 e. The lowest BCUT2D eigenvalue weighted by molar-refractivity contribution is 0.251. The van der Waals surface area contributed by atoms with Crippen molar-refractivity contribution in [1.29, 1.82) is 0 Å². The highest BCUT2D eigenvalue weighted by molar-refractivity contribution is 7.09. The third kappa shape index (κ3) is 4.83. The molecule has 0 bridgehead atoms. The summed E-state index contributed by atoms with van der Waals surface area (Å²) >= 11 is 1.84. The van der Waals surface area contributed by atoms with E-state index in [4.69, 9.17) is 5.73 Å². The molecule has 0 atom stereocenters. The van der Waals surface area contributed by atoms with Crippen molar-refractivity contribution < 1.29 is 0 Å². The second kappa shape index (κ2) is 9.14. The lowest BCUT2D eigenvalue weighted by atomic mass is 9.78. The van der Waals surface area contributed by atoms with E-state index in [1.54, 1.807) is 6.33 Å². The summed E-state index contributed by atoms with van der Waals surface area (Å²) in [5, 5.41) is 2.15. The summed E-state index contributed by atoms with van der Waals surface area (Å²) in [6, 6.07) is 6.88. The van der Waals surface area contributed by atoms with Crippen LogP contribution in [0, 0.1) is 0 Å². The zero-order chi connectivity index (χ0) is 15.6. The summed E-state index contributed by atoms with van der Waals surface area (Å²) in [5.41, 5.74) is 7.06. The van der Waals surface area contributed by atoms with Crippen molar-refractivity contribution >= 4 is 42.0 Å². The van der Waals surface area contributed by atoms with Gasteiger partial charge in [0.05, 0.1) is 0 Å². The number of aromatic nitrogens is 2. The molecular weight excluding hydrogens is 377 g/mol. The van der Waals surface area contributed by atoms with Gasteiger partial charge in [-0.3, -0.25) is 4.90 Å². The Bertz CT molecular complexity index is 640. The van der Waals surface area contributed by atoms with Crippen LogP contribution in [0.1, 0.15) is 29.3 Å². The molecule has 2 fully saturated rings. The average Bonchev–Trinajstić information content (AvgIpc) is 3.06. The Kier molecular flexibility index (Phi) is 7.46. The van der Waals surface area contributed by atoms with E-state index in [-0.39, 0.29) is 24.8 Å². The number of piperazine rings is 1. The minimum absolute atomic E-state index is 0. The lowest BCUT2D eigenvalue weighted by Gasteiger charge is -2.36. The molecular formula is C17H25Cl2N5S. The summed E-state index contributed by atoms with van der Waals surface area (Å²) < 4.78 is 0. The molecule has 2 N–H and O–H groups in total. The van der Waals surface area contributed by atoms with Crippen molar-refractivity contribution in [2.75, 3.05) is 31.1 Å². The maximum atomic E-state index is 5.90. The van der Waals surface area contributed by atoms with Gasteiger partial charge in [0, 0.05) is 61.3 Å². The Morgan fingerprint density at radius 2 is 1.88 bits per heavy atom. The first kappa shape index (κ1) is 20.4. The average molecular weight is 402 g/mol. The van der Waals surface area contributed by atoms with E-state index in [1.807, 2.05) is 11.3 Å². The Balaban J connectivity index is 0.00000113. The van der Waals surface area contributed by atoms with Gasteiger partial charge in [0.2, 0.25) is 0 Å². The van der Waals surface area contributed by atoms with Gasteiger partial charge < -0.3 is 10.6 Å². The number of nitrogens with zero attached hydrogens (tertiary/aromatic N) is 4. The summed E-state index contributed by atoms with van der Waals surface area (Å²) in [5.74, 6) is 1.61. The van der Waals surface area contributed by atoms with Crippen LogP contribution in [0.2, 0.25) is 0 Å². The fraction of sp³-hybridized carbons (Fsp3) is 0.529. The van der Waals surface area contributed by atoms with Crippen molar-refractivity contribution in [2.24, 2.45) is 5.73 Å². The third-order valence-corrected chi connectivity index (χ3v) is 5.78. The van der Waals surface area contributed by atoms with Crippen molar-refractivity contribution in [3.05, 3.63) is 40.5 Å². The molecule has 0 spiro atoms. The zero-order valence-corrected chi connectivity index (χ0v) is 16.5. The molecule has 8 heteroatoms. The first-order valence-corrected chi connectivity index (χ1v) is 9.23. The van der Waals surface area contributed by atoms with Crippen molar-refractivity contribution in [1.82, 2.24) is 14.9 Å². The molecule has 0 unspecified atom stereocenters. The number of hydrogen-bond acceptors (Lipinski definition) is 6. The van der Waals surface area contributed by atoms with E-state index < -0.39 is 0 Å². The number of rotatable bonds is 4. The summed E-state index contributed by atoms with van der Waals surface area (Å²) in [4.78, 5) is 15.3. The van der Waals surface area contributed by atoms with Crippen LogP contribution in [0.4, 0.5) is 5.82 Å². The number of halogens is 2. The smallest absolute Gasteiger partial charge is 0.132 e. The fourth-order valence-electron chi connectivity index (χ4n) is 3.42. The third-order valence-electron chi connectivity index (χ3n) is 4.92. The molecule has 1 aliphatic heterocycles. The number of anilines is 1. The van der Waals surface area contributed by atoms with Gasteiger partial charge in [-0.2, -0.15) is 0 Å².